The minimum Gasteiger partial charge on any atom is -0.391 e. The van der Waals surface area contributed by atoms with Gasteiger partial charge in [0, 0.05) is 42.3 Å². The van der Waals surface area contributed by atoms with E-state index in [4.69, 9.17) is 11.6 Å². The average molecular weight is 475 g/mol. The van der Waals surface area contributed by atoms with Crippen LogP contribution in [0.2, 0.25) is 5.02 Å². The first-order valence-electron chi connectivity index (χ1n) is 10.7. The number of nitrogens with one attached hydrogen (secondary N) is 2. The molecule has 2 saturated heterocycles. The number of urea groups is 1. The van der Waals surface area contributed by atoms with Gasteiger partial charge in [-0.05, 0) is 55.3 Å². The summed E-state index contributed by atoms with van der Waals surface area (Å²) in [7, 11) is 0. The molecule has 4 amide bonds. The molecular weight excluding hydrogens is 451 g/mol. The quantitative estimate of drug-likeness (QED) is 0.632. The van der Waals surface area contributed by atoms with Gasteiger partial charge in [0.25, 0.3) is 5.91 Å². The number of likely N-dealkylation sites (tertiary alicyclic amines) is 2. The standard InChI is InChI=1S/C23H24ClFN4O4/c24-15-4-6-16(7-5-15)26-23(33)29-13-17(30)12-20(29)21(31)27-19-8-3-14(11-18(19)25)22(32)28-9-1-2-10-28/h3-8,11,17,20,30H,1-2,9-10,12-13H2,(H,26,33)(H,27,31)/t17-,20-/m1/s1. The van der Waals surface area contributed by atoms with E-state index in [-0.39, 0.29) is 30.1 Å². The van der Waals surface area contributed by atoms with Crippen LogP contribution in [-0.2, 0) is 4.79 Å². The van der Waals surface area contributed by atoms with Crippen LogP contribution < -0.4 is 10.6 Å². The van der Waals surface area contributed by atoms with Crippen LogP contribution in [0, 0.1) is 5.82 Å². The molecule has 3 N–H and O–H groups in total. The number of aliphatic hydroxyl groups is 1. The fourth-order valence-electron chi connectivity index (χ4n) is 4.08. The maximum absolute atomic E-state index is 14.7. The predicted octanol–water partition coefficient (Wildman–Crippen LogP) is 3.32. The highest BCUT2D eigenvalue weighted by Crippen LogP contribution is 2.24. The van der Waals surface area contributed by atoms with Crippen molar-refractivity contribution in [3.05, 3.63) is 58.9 Å². The van der Waals surface area contributed by atoms with Crippen molar-refractivity contribution in [1.29, 1.82) is 0 Å². The second-order valence-corrected chi connectivity index (χ2v) is 8.61. The van der Waals surface area contributed by atoms with Crippen molar-refractivity contribution >= 4 is 40.8 Å². The molecule has 0 spiro atoms. The fourth-order valence-corrected chi connectivity index (χ4v) is 4.21. The van der Waals surface area contributed by atoms with Gasteiger partial charge < -0.3 is 25.5 Å². The van der Waals surface area contributed by atoms with E-state index in [0.717, 1.165) is 18.9 Å². The Labute approximate surface area is 195 Å². The number of rotatable bonds is 4. The van der Waals surface area contributed by atoms with E-state index < -0.39 is 29.9 Å². The van der Waals surface area contributed by atoms with Gasteiger partial charge in [-0.3, -0.25) is 9.59 Å². The summed E-state index contributed by atoms with van der Waals surface area (Å²) >= 11 is 5.85. The molecule has 0 radical (unpaired) electrons. The van der Waals surface area contributed by atoms with Crippen LogP contribution in [0.1, 0.15) is 29.6 Å². The lowest BCUT2D eigenvalue weighted by Gasteiger charge is -2.24. The number of halogens is 2. The molecule has 2 atom stereocenters. The zero-order valence-corrected chi connectivity index (χ0v) is 18.5. The molecular formula is C23H24ClFN4O4. The van der Waals surface area contributed by atoms with E-state index in [0.29, 0.717) is 23.8 Å². The van der Waals surface area contributed by atoms with Crippen molar-refractivity contribution in [2.75, 3.05) is 30.3 Å². The van der Waals surface area contributed by atoms with Crippen LogP contribution in [0.25, 0.3) is 0 Å². The van der Waals surface area contributed by atoms with Crippen LogP contribution in [0.4, 0.5) is 20.6 Å². The van der Waals surface area contributed by atoms with E-state index in [1.807, 2.05) is 0 Å². The molecule has 2 aliphatic heterocycles. The Balaban J connectivity index is 1.43. The molecule has 2 aliphatic rings. The second kappa shape index (κ2) is 9.76. The van der Waals surface area contributed by atoms with Gasteiger partial charge in [-0.1, -0.05) is 11.6 Å². The van der Waals surface area contributed by atoms with Gasteiger partial charge in [0.2, 0.25) is 5.91 Å². The number of nitrogens with zero attached hydrogens (tertiary/aromatic N) is 2. The Morgan fingerprint density at radius 2 is 1.73 bits per heavy atom. The Kier molecular flexibility index (Phi) is 6.80. The fraction of sp³-hybridized carbons (Fsp3) is 0.348. The minimum absolute atomic E-state index is 0.0209. The highest BCUT2D eigenvalue weighted by Gasteiger charge is 2.39. The third kappa shape index (κ3) is 5.26. The van der Waals surface area contributed by atoms with Crippen LogP contribution in [-0.4, -0.2) is 64.5 Å². The largest absolute Gasteiger partial charge is 0.391 e. The molecule has 0 aromatic heterocycles. The summed E-state index contributed by atoms with van der Waals surface area (Å²) in [6, 6.07) is 8.80. The summed E-state index contributed by atoms with van der Waals surface area (Å²) in [6.07, 6.45) is 0.990. The van der Waals surface area contributed by atoms with E-state index in [9.17, 15) is 23.9 Å². The molecule has 0 saturated carbocycles. The lowest BCUT2D eigenvalue weighted by molar-refractivity contribution is -0.119. The molecule has 0 bridgehead atoms. The first-order chi connectivity index (χ1) is 15.8. The molecule has 2 aromatic rings. The minimum atomic E-state index is -0.988. The smallest absolute Gasteiger partial charge is 0.322 e. The maximum Gasteiger partial charge on any atom is 0.322 e. The maximum atomic E-state index is 14.7. The molecule has 8 nitrogen and oxygen atoms in total. The molecule has 4 rings (SSSR count). The summed E-state index contributed by atoms with van der Waals surface area (Å²) in [6.45, 7) is 1.26. The molecule has 2 fully saturated rings. The van der Waals surface area contributed by atoms with Gasteiger partial charge >= 0.3 is 6.03 Å². The van der Waals surface area contributed by atoms with Gasteiger partial charge in [-0.2, -0.15) is 0 Å². The summed E-state index contributed by atoms with van der Waals surface area (Å²) < 4.78 is 14.7. The predicted molar refractivity (Wildman–Crippen MR) is 122 cm³/mol. The number of amides is 4. The summed E-state index contributed by atoms with van der Waals surface area (Å²) in [5.41, 5.74) is 0.597. The average Bonchev–Trinajstić information content (AvgIpc) is 3.46. The van der Waals surface area contributed by atoms with E-state index in [1.54, 1.807) is 29.2 Å². The summed E-state index contributed by atoms with van der Waals surface area (Å²) in [4.78, 5) is 40.9. The summed E-state index contributed by atoms with van der Waals surface area (Å²) in [5.74, 6) is -1.62. The normalized spacial score (nSPS) is 20.1. The number of anilines is 2. The van der Waals surface area contributed by atoms with Crippen LogP contribution in [0.5, 0.6) is 0 Å². The second-order valence-electron chi connectivity index (χ2n) is 8.18. The van der Waals surface area contributed by atoms with Gasteiger partial charge in [0.05, 0.1) is 11.8 Å². The van der Waals surface area contributed by atoms with Crippen LogP contribution in [0.3, 0.4) is 0 Å². The van der Waals surface area contributed by atoms with Crippen molar-refractivity contribution in [3.63, 3.8) is 0 Å². The molecule has 0 aliphatic carbocycles. The third-order valence-electron chi connectivity index (χ3n) is 5.81. The number of hydrogen-bond donors (Lipinski definition) is 3. The van der Waals surface area contributed by atoms with Crippen molar-refractivity contribution in [2.45, 2.75) is 31.4 Å². The lowest BCUT2D eigenvalue weighted by Crippen LogP contribution is -2.45. The van der Waals surface area contributed by atoms with Gasteiger partial charge in [0.1, 0.15) is 11.9 Å². The number of β-amino-alcohol motifs (C(OH)–C–C–N with tert-alkyl or cyclic N) is 1. The molecule has 10 heteroatoms. The van der Waals surface area contributed by atoms with Crippen molar-refractivity contribution < 1.29 is 23.9 Å². The number of aliphatic hydroxyl groups excluding tert-OH is 1. The molecule has 2 aromatic carbocycles. The van der Waals surface area contributed by atoms with Crippen molar-refractivity contribution in [3.8, 4) is 0 Å². The van der Waals surface area contributed by atoms with Crippen LogP contribution in [0.15, 0.2) is 42.5 Å². The van der Waals surface area contributed by atoms with Crippen LogP contribution >= 0.6 is 11.6 Å². The summed E-state index contributed by atoms with van der Waals surface area (Å²) in [5, 5.41) is 15.7. The number of carbonyl (C=O) groups is 3. The zero-order valence-electron chi connectivity index (χ0n) is 17.8. The van der Waals surface area contributed by atoms with E-state index in [1.165, 1.54) is 17.0 Å². The van der Waals surface area contributed by atoms with Crippen molar-refractivity contribution in [1.82, 2.24) is 9.80 Å². The Bertz CT molecular complexity index is 1060. The van der Waals surface area contributed by atoms with E-state index in [2.05, 4.69) is 10.6 Å². The number of benzene rings is 2. The van der Waals surface area contributed by atoms with Crippen molar-refractivity contribution in [2.24, 2.45) is 0 Å². The third-order valence-corrected chi connectivity index (χ3v) is 6.06. The monoisotopic (exact) mass is 474 g/mol. The Hall–Kier alpha value is -3.17. The first-order valence-corrected chi connectivity index (χ1v) is 11.1. The van der Waals surface area contributed by atoms with Gasteiger partial charge in [-0.15, -0.1) is 0 Å². The Morgan fingerprint density at radius 3 is 2.39 bits per heavy atom. The molecule has 174 valence electrons. The van der Waals surface area contributed by atoms with Gasteiger partial charge in [-0.25, -0.2) is 9.18 Å². The SMILES string of the molecule is O=C(Nc1ccc(C(=O)N2CCCC2)cc1F)[C@H]1C[C@@H](O)CN1C(=O)Nc1ccc(Cl)cc1. The first kappa shape index (κ1) is 23.0. The Morgan fingerprint density at radius 1 is 1.03 bits per heavy atom. The number of hydrogen-bond acceptors (Lipinski definition) is 4. The van der Waals surface area contributed by atoms with Gasteiger partial charge in [0.15, 0.2) is 0 Å². The highest BCUT2D eigenvalue weighted by atomic mass is 35.5. The van der Waals surface area contributed by atoms with E-state index >= 15 is 0 Å². The molecule has 33 heavy (non-hydrogen) atoms. The topological polar surface area (TPSA) is 102 Å². The highest BCUT2D eigenvalue weighted by molar-refractivity contribution is 6.30. The number of carbonyl (C=O) groups excluding carboxylic acids is 3. The molecule has 0 unspecified atom stereocenters. The zero-order chi connectivity index (χ0) is 23.5. The lowest BCUT2D eigenvalue weighted by atomic mass is 10.1. The molecule has 2 heterocycles.